The van der Waals surface area contributed by atoms with Gasteiger partial charge in [0.2, 0.25) is 0 Å². The van der Waals surface area contributed by atoms with Crippen LogP contribution >= 0.6 is 0 Å². The van der Waals surface area contributed by atoms with Gasteiger partial charge in [-0.2, -0.15) is 5.10 Å². The quantitative estimate of drug-likeness (QED) is 0.475. The van der Waals surface area contributed by atoms with Crippen molar-refractivity contribution in [2.24, 2.45) is 28.6 Å². The van der Waals surface area contributed by atoms with Gasteiger partial charge < -0.3 is 5.11 Å². The Kier molecular flexibility index (Phi) is 4.81. The third-order valence-corrected chi connectivity index (χ3v) is 9.71. The first-order chi connectivity index (χ1) is 15.9. The lowest BCUT2D eigenvalue weighted by atomic mass is 9.48. The van der Waals surface area contributed by atoms with Crippen LogP contribution in [0, 0.1) is 28.6 Å². The summed E-state index contributed by atoms with van der Waals surface area (Å²) in [6.45, 7) is 4.67. The number of para-hydroxylation sites is 1. The minimum Gasteiger partial charge on any atom is -0.393 e. The Bertz CT molecular complexity index is 1150. The lowest BCUT2D eigenvalue weighted by Gasteiger charge is -2.56. The van der Waals surface area contributed by atoms with E-state index in [0.717, 1.165) is 61.9 Å². The van der Waals surface area contributed by atoms with Crippen LogP contribution in [0.15, 0.2) is 59.8 Å². The number of hydrogen-bond acceptors (Lipinski definition) is 3. The smallest absolute Gasteiger partial charge is 0.165 e. The van der Waals surface area contributed by atoms with Gasteiger partial charge in [0.25, 0.3) is 0 Å². The molecule has 4 aliphatic carbocycles. The van der Waals surface area contributed by atoms with Crippen LogP contribution in [-0.4, -0.2) is 26.8 Å². The Morgan fingerprint density at radius 1 is 1.03 bits per heavy atom. The van der Waals surface area contributed by atoms with Crippen molar-refractivity contribution >= 4 is 11.9 Å². The van der Waals surface area contributed by atoms with Gasteiger partial charge in [-0.05, 0) is 98.0 Å². The molecule has 2 aromatic rings. The van der Waals surface area contributed by atoms with E-state index >= 15 is 0 Å². The second-order valence-corrected chi connectivity index (χ2v) is 11.3. The number of carbonyl (C=O) groups excluding carboxylic acids is 1. The van der Waals surface area contributed by atoms with Crippen LogP contribution in [0.3, 0.4) is 0 Å². The van der Waals surface area contributed by atoms with E-state index in [2.05, 4.69) is 31.1 Å². The highest BCUT2D eigenvalue weighted by atomic mass is 16.3. The Morgan fingerprint density at radius 2 is 1.82 bits per heavy atom. The highest BCUT2D eigenvalue weighted by Gasteiger charge is 2.59. The zero-order chi connectivity index (χ0) is 22.8. The topological polar surface area (TPSA) is 55.1 Å². The number of nitrogens with zero attached hydrogens (tertiary/aromatic N) is 2. The summed E-state index contributed by atoms with van der Waals surface area (Å²) in [5.74, 6) is 1.95. The van der Waals surface area contributed by atoms with Gasteiger partial charge in [0.15, 0.2) is 5.78 Å². The molecular weight excluding hydrogens is 408 g/mol. The van der Waals surface area contributed by atoms with Crippen molar-refractivity contribution in [2.75, 3.05) is 0 Å². The molecule has 1 aromatic heterocycles. The third kappa shape index (κ3) is 3.13. The van der Waals surface area contributed by atoms with E-state index in [1.54, 1.807) is 0 Å². The molecule has 33 heavy (non-hydrogen) atoms. The van der Waals surface area contributed by atoms with Gasteiger partial charge in [0.05, 0.1) is 23.7 Å². The van der Waals surface area contributed by atoms with Crippen molar-refractivity contribution in [2.45, 2.75) is 64.9 Å². The van der Waals surface area contributed by atoms with Gasteiger partial charge in [-0.15, -0.1) is 0 Å². The zero-order valence-corrected chi connectivity index (χ0v) is 19.7. The van der Waals surface area contributed by atoms with Crippen molar-refractivity contribution in [3.8, 4) is 5.69 Å². The Hall–Kier alpha value is -2.46. The maximum atomic E-state index is 13.8. The number of ketones is 1. The fourth-order valence-electron chi connectivity index (χ4n) is 7.83. The normalized spacial score (nSPS) is 39.1. The van der Waals surface area contributed by atoms with E-state index in [-0.39, 0.29) is 16.9 Å². The molecule has 4 heteroatoms. The predicted octanol–water partition coefficient (Wildman–Crippen LogP) is 5.76. The second-order valence-electron chi connectivity index (χ2n) is 11.3. The lowest BCUT2D eigenvalue weighted by Crippen LogP contribution is -2.50. The summed E-state index contributed by atoms with van der Waals surface area (Å²) in [6, 6.07) is 12.1. The Labute approximate surface area is 196 Å². The highest BCUT2D eigenvalue weighted by Crippen LogP contribution is 2.64. The molecule has 1 aromatic carbocycles. The molecule has 0 aliphatic heterocycles. The molecule has 0 saturated heterocycles. The van der Waals surface area contributed by atoms with Crippen LogP contribution < -0.4 is 0 Å². The average molecular weight is 443 g/mol. The summed E-state index contributed by atoms with van der Waals surface area (Å²) in [6.07, 6.45) is 13.1. The molecule has 0 spiro atoms. The summed E-state index contributed by atoms with van der Waals surface area (Å²) < 4.78 is 1.93. The van der Waals surface area contributed by atoms with E-state index < -0.39 is 0 Å². The van der Waals surface area contributed by atoms with Crippen LogP contribution in [0.2, 0.25) is 0 Å². The number of aliphatic hydroxyl groups is 1. The van der Waals surface area contributed by atoms with E-state index in [1.165, 1.54) is 5.57 Å². The number of Topliss-reactive ketones (excluding diaryl/α,β-unsaturated/α-hetero) is 1. The summed E-state index contributed by atoms with van der Waals surface area (Å²) in [5, 5.41) is 14.8. The molecule has 0 bridgehead atoms. The molecule has 3 fully saturated rings. The first-order valence-electron chi connectivity index (χ1n) is 12.6. The number of allylic oxidation sites excluding steroid dienone is 2. The summed E-state index contributed by atoms with van der Waals surface area (Å²) in [4.78, 5) is 13.8. The van der Waals surface area contributed by atoms with Gasteiger partial charge >= 0.3 is 0 Å². The van der Waals surface area contributed by atoms with E-state index in [1.807, 2.05) is 47.3 Å². The molecule has 0 amide bonds. The monoisotopic (exact) mass is 442 g/mol. The second kappa shape index (κ2) is 7.53. The van der Waals surface area contributed by atoms with Crippen LogP contribution in [0.1, 0.15) is 64.5 Å². The van der Waals surface area contributed by atoms with Gasteiger partial charge in [-0.3, -0.25) is 4.79 Å². The Balaban J connectivity index is 1.33. The standard InChI is InChI=1S/C29H34N2O2/c1-28-13-10-23(32)18-20(28)8-9-24-25(28)11-14-29(2)26(24)17-19(27(29)33)16-22-12-15-30-31(22)21-6-4-3-5-7-21/h3-8,12,15-16,23-26,32H,9-11,13-14,17-18H2,1-2H3/b19-16+/t23-,24+,25-,26-,28+,29+/m1/s1. The maximum Gasteiger partial charge on any atom is 0.165 e. The minimum atomic E-state index is -0.250. The van der Waals surface area contributed by atoms with Crippen LogP contribution in [0.25, 0.3) is 11.8 Å². The lowest BCUT2D eigenvalue weighted by molar-refractivity contribution is -0.130. The minimum absolute atomic E-state index is 0.174. The number of benzene rings is 1. The number of aromatic nitrogens is 2. The van der Waals surface area contributed by atoms with Gasteiger partial charge in [-0.1, -0.05) is 43.7 Å². The fourth-order valence-corrected chi connectivity index (χ4v) is 7.83. The van der Waals surface area contributed by atoms with Gasteiger partial charge in [-0.25, -0.2) is 4.68 Å². The van der Waals surface area contributed by atoms with Gasteiger partial charge in [0, 0.05) is 5.41 Å². The largest absolute Gasteiger partial charge is 0.393 e. The van der Waals surface area contributed by atoms with E-state index in [0.29, 0.717) is 23.5 Å². The first-order valence-corrected chi connectivity index (χ1v) is 12.6. The Morgan fingerprint density at radius 3 is 2.64 bits per heavy atom. The van der Waals surface area contributed by atoms with Crippen molar-refractivity contribution in [1.29, 1.82) is 0 Å². The van der Waals surface area contributed by atoms with Crippen molar-refractivity contribution < 1.29 is 9.90 Å². The number of fused-ring (bicyclic) bond motifs is 5. The molecule has 1 heterocycles. The van der Waals surface area contributed by atoms with Crippen LogP contribution in [0.4, 0.5) is 0 Å². The van der Waals surface area contributed by atoms with Crippen molar-refractivity contribution in [3.63, 3.8) is 0 Å². The first kappa shape index (κ1) is 21.1. The highest BCUT2D eigenvalue weighted by molar-refractivity contribution is 6.05. The molecule has 4 aliphatic rings. The van der Waals surface area contributed by atoms with Crippen LogP contribution in [-0.2, 0) is 4.79 Å². The molecule has 6 rings (SSSR count). The fraction of sp³-hybridized carbons (Fsp3) is 0.517. The molecule has 0 unspecified atom stereocenters. The molecule has 3 saturated carbocycles. The third-order valence-electron chi connectivity index (χ3n) is 9.71. The SMILES string of the molecule is C[C@]12CC[C@@H](O)CC1=CC[C@H]1[C@H]2CC[C@]2(C)C(=O)/C(=C/c3ccnn3-c3ccccc3)C[C@H]12. The predicted molar refractivity (Wildman–Crippen MR) is 130 cm³/mol. The molecule has 0 radical (unpaired) electrons. The van der Waals surface area contributed by atoms with E-state index in [4.69, 9.17) is 0 Å². The van der Waals surface area contributed by atoms with Crippen molar-refractivity contribution in [1.82, 2.24) is 9.78 Å². The number of carbonyl (C=O) groups is 1. The van der Waals surface area contributed by atoms with Gasteiger partial charge in [0.1, 0.15) is 0 Å². The molecule has 4 nitrogen and oxygen atoms in total. The average Bonchev–Trinajstić information content (AvgIpc) is 3.38. The molecule has 1 N–H and O–H groups in total. The zero-order valence-electron chi connectivity index (χ0n) is 19.7. The molecule has 172 valence electrons. The van der Waals surface area contributed by atoms with E-state index in [9.17, 15) is 9.90 Å². The molecular formula is C29H34N2O2. The maximum absolute atomic E-state index is 13.8. The van der Waals surface area contributed by atoms with Crippen molar-refractivity contribution in [3.05, 3.63) is 65.5 Å². The summed E-state index contributed by atoms with van der Waals surface area (Å²) in [5.41, 5.74) is 4.40. The summed E-state index contributed by atoms with van der Waals surface area (Å²) in [7, 11) is 0. The number of hydrogen-bond donors (Lipinski definition) is 1. The number of rotatable bonds is 2. The number of aliphatic hydroxyl groups excluding tert-OH is 1. The summed E-state index contributed by atoms with van der Waals surface area (Å²) >= 11 is 0. The molecule has 6 atom stereocenters. The van der Waals surface area contributed by atoms with Crippen LogP contribution in [0.5, 0.6) is 0 Å².